The smallest absolute Gasteiger partial charge is 0.256 e. The highest BCUT2D eigenvalue weighted by atomic mass is 127. The molecule has 0 aliphatic heterocycles. The maximum Gasteiger partial charge on any atom is 0.256 e. The van der Waals surface area contributed by atoms with E-state index in [4.69, 9.17) is 0 Å². The summed E-state index contributed by atoms with van der Waals surface area (Å²) < 4.78 is 0.971. The molecule has 0 saturated heterocycles. The monoisotopic (exact) mass is 351 g/mol. The third-order valence-electron chi connectivity index (χ3n) is 2.76. The van der Waals surface area contributed by atoms with Gasteiger partial charge in [-0.05, 0) is 60.2 Å². The molecule has 0 aliphatic rings. The van der Waals surface area contributed by atoms with E-state index in [2.05, 4.69) is 27.9 Å². The molecule has 2 rings (SSSR count). The van der Waals surface area contributed by atoms with Gasteiger partial charge in [0.25, 0.3) is 5.91 Å². The average molecular weight is 351 g/mol. The number of anilines is 1. The first-order valence-corrected chi connectivity index (χ1v) is 6.79. The van der Waals surface area contributed by atoms with Gasteiger partial charge in [0.1, 0.15) is 0 Å². The Bertz CT molecular complexity index is 593. The second-order valence-corrected chi connectivity index (χ2v) is 5.41. The van der Waals surface area contributed by atoms with E-state index in [9.17, 15) is 4.79 Å². The van der Waals surface area contributed by atoms with E-state index in [-0.39, 0.29) is 5.91 Å². The third kappa shape index (κ3) is 2.90. The van der Waals surface area contributed by atoms with E-state index in [1.165, 1.54) is 0 Å². The molecule has 0 aromatic heterocycles. The van der Waals surface area contributed by atoms with Crippen molar-refractivity contribution in [3.8, 4) is 0 Å². The van der Waals surface area contributed by atoms with Crippen LogP contribution in [0.4, 0.5) is 5.69 Å². The first-order valence-electron chi connectivity index (χ1n) is 5.71. The zero-order valence-electron chi connectivity index (χ0n) is 10.3. The van der Waals surface area contributed by atoms with Crippen LogP contribution in [0.1, 0.15) is 21.5 Å². The van der Waals surface area contributed by atoms with Gasteiger partial charge in [-0.15, -0.1) is 0 Å². The van der Waals surface area contributed by atoms with Crippen LogP contribution in [0.2, 0.25) is 0 Å². The lowest BCUT2D eigenvalue weighted by Gasteiger charge is -2.09. The van der Waals surface area contributed by atoms with Gasteiger partial charge in [0.05, 0.1) is 5.56 Å². The summed E-state index contributed by atoms with van der Waals surface area (Å²) in [4.78, 5) is 12.2. The summed E-state index contributed by atoms with van der Waals surface area (Å²) in [5, 5.41) is 2.94. The highest BCUT2D eigenvalue weighted by Crippen LogP contribution is 2.18. The van der Waals surface area contributed by atoms with Crippen LogP contribution in [0.5, 0.6) is 0 Å². The minimum absolute atomic E-state index is 0.0614. The SMILES string of the molecule is Cc1ccc(C(=O)Nc2ccccc2C)c(I)c1. The Kier molecular flexibility index (Phi) is 4.01. The van der Waals surface area contributed by atoms with Gasteiger partial charge in [-0.25, -0.2) is 0 Å². The van der Waals surface area contributed by atoms with Crippen molar-refractivity contribution in [1.82, 2.24) is 0 Å². The number of rotatable bonds is 2. The number of halogens is 1. The molecule has 2 aromatic carbocycles. The average Bonchev–Trinajstić information content (AvgIpc) is 2.32. The van der Waals surface area contributed by atoms with Crippen LogP contribution in [0.3, 0.4) is 0 Å². The van der Waals surface area contributed by atoms with Crippen molar-refractivity contribution in [2.24, 2.45) is 0 Å². The van der Waals surface area contributed by atoms with Crippen LogP contribution in [-0.2, 0) is 0 Å². The molecule has 0 unspecified atom stereocenters. The lowest BCUT2D eigenvalue weighted by atomic mass is 10.1. The van der Waals surface area contributed by atoms with Crippen molar-refractivity contribution in [3.05, 3.63) is 62.7 Å². The summed E-state index contributed by atoms with van der Waals surface area (Å²) in [6.07, 6.45) is 0. The van der Waals surface area contributed by atoms with E-state index >= 15 is 0 Å². The van der Waals surface area contributed by atoms with Crippen LogP contribution < -0.4 is 5.32 Å². The van der Waals surface area contributed by atoms with E-state index in [0.29, 0.717) is 5.56 Å². The number of nitrogens with one attached hydrogen (secondary N) is 1. The predicted molar refractivity (Wildman–Crippen MR) is 83.0 cm³/mol. The van der Waals surface area contributed by atoms with E-state index < -0.39 is 0 Å². The van der Waals surface area contributed by atoms with E-state index in [0.717, 1.165) is 20.4 Å². The molecule has 0 saturated carbocycles. The minimum Gasteiger partial charge on any atom is -0.322 e. The first-order chi connectivity index (χ1) is 8.58. The van der Waals surface area contributed by atoms with Crippen LogP contribution in [-0.4, -0.2) is 5.91 Å². The van der Waals surface area contributed by atoms with Crippen LogP contribution in [0.25, 0.3) is 0 Å². The van der Waals surface area contributed by atoms with Gasteiger partial charge in [0.15, 0.2) is 0 Å². The van der Waals surface area contributed by atoms with E-state index in [1.807, 2.05) is 56.3 Å². The van der Waals surface area contributed by atoms with Gasteiger partial charge >= 0.3 is 0 Å². The van der Waals surface area contributed by atoms with Gasteiger partial charge in [0, 0.05) is 9.26 Å². The predicted octanol–water partition coefficient (Wildman–Crippen LogP) is 4.16. The van der Waals surface area contributed by atoms with Crippen molar-refractivity contribution in [2.75, 3.05) is 5.32 Å². The molecule has 0 aliphatic carbocycles. The molecule has 2 aromatic rings. The maximum absolute atomic E-state index is 12.2. The largest absolute Gasteiger partial charge is 0.322 e. The van der Waals surface area contributed by atoms with Crippen LogP contribution in [0.15, 0.2) is 42.5 Å². The second kappa shape index (κ2) is 5.52. The fourth-order valence-corrected chi connectivity index (χ4v) is 2.62. The lowest BCUT2D eigenvalue weighted by Crippen LogP contribution is -2.14. The fourth-order valence-electron chi connectivity index (χ4n) is 1.71. The topological polar surface area (TPSA) is 29.1 Å². The van der Waals surface area contributed by atoms with Crippen molar-refractivity contribution >= 4 is 34.2 Å². The Hall–Kier alpha value is -1.36. The van der Waals surface area contributed by atoms with Gasteiger partial charge < -0.3 is 5.32 Å². The number of carbonyl (C=O) groups is 1. The van der Waals surface area contributed by atoms with Gasteiger partial charge in [0.2, 0.25) is 0 Å². The first kappa shape index (κ1) is 13.1. The maximum atomic E-state index is 12.2. The quantitative estimate of drug-likeness (QED) is 0.809. The van der Waals surface area contributed by atoms with Gasteiger partial charge in [-0.2, -0.15) is 0 Å². The molecule has 0 heterocycles. The number of para-hydroxylation sites is 1. The van der Waals surface area contributed by atoms with Crippen molar-refractivity contribution in [3.63, 3.8) is 0 Å². The summed E-state index contributed by atoms with van der Waals surface area (Å²) in [7, 11) is 0. The number of benzene rings is 2. The molecule has 2 nitrogen and oxygen atoms in total. The summed E-state index contributed by atoms with van der Waals surface area (Å²) in [5.74, 6) is -0.0614. The molecule has 0 spiro atoms. The number of hydrogen-bond donors (Lipinski definition) is 1. The molecule has 1 amide bonds. The van der Waals surface area contributed by atoms with Crippen molar-refractivity contribution in [2.45, 2.75) is 13.8 Å². The standard InChI is InChI=1S/C15H14INO/c1-10-7-8-12(13(16)9-10)15(18)17-14-6-4-3-5-11(14)2/h3-9H,1-2H3,(H,17,18). The summed E-state index contributed by atoms with van der Waals surface area (Å²) in [6.45, 7) is 4.00. The van der Waals surface area contributed by atoms with Crippen LogP contribution >= 0.6 is 22.6 Å². The molecule has 0 radical (unpaired) electrons. The molecule has 92 valence electrons. The molecule has 3 heteroatoms. The Balaban J connectivity index is 2.25. The minimum atomic E-state index is -0.0614. The van der Waals surface area contributed by atoms with Crippen molar-refractivity contribution in [1.29, 1.82) is 0 Å². The molecule has 18 heavy (non-hydrogen) atoms. The van der Waals surface area contributed by atoms with Gasteiger partial charge in [-0.1, -0.05) is 29.8 Å². The highest BCUT2D eigenvalue weighted by molar-refractivity contribution is 14.1. The number of amides is 1. The fraction of sp³-hybridized carbons (Fsp3) is 0.133. The molecule has 1 N–H and O–H groups in total. The molecular formula is C15H14INO. The summed E-state index contributed by atoms with van der Waals surface area (Å²) in [5.41, 5.74) is 3.79. The highest BCUT2D eigenvalue weighted by Gasteiger charge is 2.10. The Morgan fingerprint density at radius 3 is 2.50 bits per heavy atom. The summed E-state index contributed by atoms with van der Waals surface area (Å²) >= 11 is 2.19. The Morgan fingerprint density at radius 2 is 1.83 bits per heavy atom. The van der Waals surface area contributed by atoms with E-state index in [1.54, 1.807) is 0 Å². The zero-order chi connectivity index (χ0) is 13.1. The number of aryl methyl sites for hydroxylation is 2. The third-order valence-corrected chi connectivity index (χ3v) is 3.65. The zero-order valence-corrected chi connectivity index (χ0v) is 12.5. The number of carbonyl (C=O) groups excluding carboxylic acids is 1. The van der Waals surface area contributed by atoms with Gasteiger partial charge in [-0.3, -0.25) is 4.79 Å². The Labute approximate surface area is 121 Å². The number of hydrogen-bond acceptors (Lipinski definition) is 1. The second-order valence-electron chi connectivity index (χ2n) is 4.25. The molecule has 0 atom stereocenters. The van der Waals surface area contributed by atoms with Crippen LogP contribution in [0, 0.1) is 17.4 Å². The normalized spacial score (nSPS) is 10.2. The van der Waals surface area contributed by atoms with Crippen molar-refractivity contribution < 1.29 is 4.79 Å². The molecule has 0 fully saturated rings. The molecular weight excluding hydrogens is 337 g/mol. The Morgan fingerprint density at radius 1 is 1.11 bits per heavy atom. The lowest BCUT2D eigenvalue weighted by molar-refractivity contribution is 0.102. The molecule has 0 bridgehead atoms. The summed E-state index contributed by atoms with van der Waals surface area (Å²) in [6, 6.07) is 13.6.